The lowest BCUT2D eigenvalue weighted by molar-refractivity contribution is 0.0366. The highest BCUT2D eigenvalue weighted by molar-refractivity contribution is 5.85. The maximum Gasteiger partial charge on any atom is 0.410 e. The third kappa shape index (κ3) is 1.89. The maximum absolute atomic E-state index is 11.1. The first-order chi connectivity index (χ1) is 5.72. The van der Waals surface area contributed by atoms with E-state index in [1.54, 1.807) is 11.9 Å². The van der Waals surface area contributed by atoms with Crippen LogP contribution in [0, 0.1) is 0 Å². The Morgan fingerprint density at radius 1 is 1.62 bits per heavy atom. The first kappa shape index (κ1) is 10.6. The summed E-state index contributed by atoms with van der Waals surface area (Å²) >= 11 is 0. The summed E-state index contributed by atoms with van der Waals surface area (Å²) in [5, 5.41) is 3.25. The largest absolute Gasteiger partial charge is 0.440 e. The number of likely N-dealkylation sites (N-methyl/N-ethyl adjacent to an activating group) is 1. The molecule has 2 saturated heterocycles. The van der Waals surface area contributed by atoms with Gasteiger partial charge in [0.2, 0.25) is 0 Å². The van der Waals surface area contributed by atoms with Gasteiger partial charge >= 0.3 is 6.09 Å². The van der Waals surface area contributed by atoms with Crippen LogP contribution in [0.15, 0.2) is 0 Å². The second-order valence-electron chi connectivity index (χ2n) is 3.69. The molecule has 76 valence electrons. The zero-order chi connectivity index (χ0) is 8.60. The molecule has 13 heavy (non-hydrogen) atoms. The van der Waals surface area contributed by atoms with Gasteiger partial charge in [0.25, 0.3) is 0 Å². The number of rotatable bonds is 0. The van der Waals surface area contributed by atoms with Crippen molar-refractivity contribution in [2.45, 2.75) is 18.4 Å². The fourth-order valence-corrected chi connectivity index (χ4v) is 1.95. The van der Waals surface area contributed by atoms with Gasteiger partial charge in [-0.15, -0.1) is 12.4 Å². The van der Waals surface area contributed by atoms with Crippen LogP contribution in [0.1, 0.15) is 12.8 Å². The van der Waals surface area contributed by atoms with E-state index in [2.05, 4.69) is 5.32 Å². The highest BCUT2D eigenvalue weighted by Gasteiger charge is 2.44. The van der Waals surface area contributed by atoms with Crippen LogP contribution in [0.5, 0.6) is 0 Å². The maximum atomic E-state index is 11.1. The Labute approximate surface area is 84.0 Å². The Hall–Kier alpha value is -0.480. The lowest BCUT2D eigenvalue weighted by atomic mass is 9.94. The summed E-state index contributed by atoms with van der Waals surface area (Å²) in [6.45, 7) is 2.59. The molecular formula is C8H15ClN2O2. The Morgan fingerprint density at radius 2 is 2.38 bits per heavy atom. The Bertz CT molecular complexity index is 204. The molecule has 1 N–H and O–H groups in total. The van der Waals surface area contributed by atoms with E-state index in [0.717, 1.165) is 32.5 Å². The summed E-state index contributed by atoms with van der Waals surface area (Å²) in [5.41, 5.74) is -0.218. The molecule has 0 saturated carbocycles. The van der Waals surface area contributed by atoms with Crippen molar-refractivity contribution in [2.24, 2.45) is 0 Å². The van der Waals surface area contributed by atoms with E-state index in [1.165, 1.54) is 0 Å². The van der Waals surface area contributed by atoms with E-state index in [1.807, 2.05) is 0 Å². The van der Waals surface area contributed by atoms with Crippen LogP contribution in [0.3, 0.4) is 0 Å². The topological polar surface area (TPSA) is 41.6 Å². The number of halogens is 1. The highest BCUT2D eigenvalue weighted by Crippen LogP contribution is 2.27. The SMILES string of the molecule is CN1CC2(CCCNC2)OC1=O.Cl. The fraction of sp³-hybridized carbons (Fsp3) is 0.875. The molecule has 4 nitrogen and oxygen atoms in total. The molecule has 0 aliphatic carbocycles. The van der Waals surface area contributed by atoms with Crippen LogP contribution in [-0.2, 0) is 4.74 Å². The lowest BCUT2D eigenvalue weighted by Gasteiger charge is -2.31. The van der Waals surface area contributed by atoms with Crippen molar-refractivity contribution in [1.29, 1.82) is 0 Å². The molecule has 2 aliphatic heterocycles. The molecular weight excluding hydrogens is 192 g/mol. The van der Waals surface area contributed by atoms with Gasteiger partial charge in [-0.05, 0) is 19.4 Å². The van der Waals surface area contributed by atoms with Gasteiger partial charge in [0, 0.05) is 13.6 Å². The number of nitrogens with zero attached hydrogens (tertiary/aromatic N) is 1. The quantitative estimate of drug-likeness (QED) is 0.632. The van der Waals surface area contributed by atoms with Crippen LogP contribution in [0.25, 0.3) is 0 Å². The summed E-state index contributed by atoms with van der Waals surface area (Å²) in [4.78, 5) is 12.8. The van der Waals surface area contributed by atoms with Crippen LogP contribution in [-0.4, -0.2) is 43.3 Å². The minimum atomic E-state index is -0.218. The zero-order valence-corrected chi connectivity index (χ0v) is 8.52. The number of carbonyl (C=O) groups is 1. The van der Waals surface area contributed by atoms with Gasteiger partial charge in [-0.1, -0.05) is 0 Å². The summed E-state index contributed by atoms with van der Waals surface area (Å²) in [7, 11) is 1.78. The van der Waals surface area contributed by atoms with Crippen molar-refractivity contribution >= 4 is 18.5 Å². The van der Waals surface area contributed by atoms with Crippen molar-refractivity contribution in [3.63, 3.8) is 0 Å². The molecule has 0 aromatic rings. The van der Waals surface area contributed by atoms with Crippen LogP contribution >= 0.6 is 12.4 Å². The predicted octanol–water partition coefficient (Wildman–Crippen LogP) is 0.612. The third-order valence-electron chi connectivity index (χ3n) is 2.57. The van der Waals surface area contributed by atoms with Crippen LogP contribution in [0.4, 0.5) is 4.79 Å². The normalized spacial score (nSPS) is 33.0. The standard InChI is InChI=1S/C8H14N2O2.ClH/c1-10-6-8(12-7(10)11)3-2-4-9-5-8;/h9H,2-6H2,1H3;1H. The number of ether oxygens (including phenoxy) is 1. The smallest absolute Gasteiger partial charge is 0.410 e. The van der Waals surface area contributed by atoms with Gasteiger partial charge in [-0.25, -0.2) is 4.79 Å². The molecule has 0 radical (unpaired) electrons. The van der Waals surface area contributed by atoms with Crippen molar-refractivity contribution in [2.75, 3.05) is 26.7 Å². The molecule has 0 aromatic carbocycles. The van der Waals surface area contributed by atoms with Crippen molar-refractivity contribution in [3.05, 3.63) is 0 Å². The third-order valence-corrected chi connectivity index (χ3v) is 2.57. The lowest BCUT2D eigenvalue weighted by Crippen LogP contribution is -2.48. The van der Waals surface area contributed by atoms with Gasteiger partial charge in [-0.3, -0.25) is 0 Å². The number of amides is 1. The molecule has 5 heteroatoms. The van der Waals surface area contributed by atoms with Crippen LogP contribution in [0.2, 0.25) is 0 Å². The molecule has 2 heterocycles. The second-order valence-corrected chi connectivity index (χ2v) is 3.69. The fourth-order valence-electron chi connectivity index (χ4n) is 1.95. The summed E-state index contributed by atoms with van der Waals surface area (Å²) in [6.07, 6.45) is 1.91. The number of hydrogen-bond acceptors (Lipinski definition) is 3. The van der Waals surface area contributed by atoms with E-state index in [4.69, 9.17) is 4.74 Å². The Balaban J connectivity index is 0.000000845. The average molecular weight is 207 g/mol. The summed E-state index contributed by atoms with van der Waals surface area (Å²) < 4.78 is 5.33. The van der Waals surface area contributed by atoms with E-state index in [0.29, 0.717) is 0 Å². The number of piperidine rings is 1. The van der Waals surface area contributed by atoms with Crippen molar-refractivity contribution < 1.29 is 9.53 Å². The Morgan fingerprint density at radius 3 is 2.85 bits per heavy atom. The molecule has 1 amide bonds. The summed E-state index contributed by atoms with van der Waals surface area (Å²) in [5.74, 6) is 0. The molecule has 0 aromatic heterocycles. The van der Waals surface area contributed by atoms with E-state index < -0.39 is 0 Å². The predicted molar refractivity (Wildman–Crippen MR) is 51.2 cm³/mol. The Kier molecular flexibility index (Phi) is 3.03. The van der Waals surface area contributed by atoms with Crippen molar-refractivity contribution in [3.8, 4) is 0 Å². The van der Waals surface area contributed by atoms with Gasteiger partial charge < -0.3 is 15.0 Å². The summed E-state index contributed by atoms with van der Waals surface area (Å²) in [6, 6.07) is 0. The van der Waals surface area contributed by atoms with Gasteiger partial charge in [0.05, 0.1) is 6.54 Å². The van der Waals surface area contributed by atoms with Crippen LogP contribution < -0.4 is 5.32 Å². The van der Waals surface area contributed by atoms with E-state index in [9.17, 15) is 4.79 Å². The molecule has 2 aliphatic rings. The molecule has 2 rings (SSSR count). The molecule has 2 fully saturated rings. The zero-order valence-electron chi connectivity index (χ0n) is 7.71. The molecule has 0 bridgehead atoms. The minimum absolute atomic E-state index is 0. The number of hydrogen-bond donors (Lipinski definition) is 1. The monoisotopic (exact) mass is 206 g/mol. The first-order valence-corrected chi connectivity index (χ1v) is 4.37. The van der Waals surface area contributed by atoms with Gasteiger partial charge in [0.1, 0.15) is 5.60 Å². The van der Waals surface area contributed by atoms with E-state index in [-0.39, 0.29) is 24.1 Å². The molecule has 1 atom stereocenters. The second kappa shape index (κ2) is 3.72. The van der Waals surface area contributed by atoms with Gasteiger partial charge in [0.15, 0.2) is 0 Å². The molecule has 1 unspecified atom stereocenters. The minimum Gasteiger partial charge on any atom is -0.440 e. The van der Waals surface area contributed by atoms with E-state index >= 15 is 0 Å². The molecule has 1 spiro atoms. The average Bonchev–Trinajstić information content (AvgIpc) is 2.29. The van der Waals surface area contributed by atoms with Gasteiger partial charge in [-0.2, -0.15) is 0 Å². The first-order valence-electron chi connectivity index (χ1n) is 4.37. The number of carbonyl (C=O) groups excluding carboxylic acids is 1. The number of nitrogens with one attached hydrogen (secondary N) is 1. The van der Waals surface area contributed by atoms with Crippen molar-refractivity contribution in [1.82, 2.24) is 10.2 Å². The highest BCUT2D eigenvalue weighted by atomic mass is 35.5.